The highest BCUT2D eigenvalue weighted by atomic mass is 32.2. The van der Waals surface area contributed by atoms with Gasteiger partial charge in [0.2, 0.25) is 0 Å². The van der Waals surface area contributed by atoms with Crippen LogP contribution < -0.4 is 11.5 Å². The topological polar surface area (TPSA) is 95.4 Å². The molecule has 0 aliphatic heterocycles. The summed E-state index contributed by atoms with van der Waals surface area (Å²) < 4.78 is 4.32. The molecule has 0 heterocycles. The number of primary amides is 2. The highest BCUT2D eigenvalue weighted by Crippen LogP contribution is 2.48. The monoisotopic (exact) mass is 406 g/mol. The molecule has 0 unspecified atom stereocenters. The number of carbonyl (C=O) groups is 2. The van der Waals surface area contributed by atoms with Crippen molar-refractivity contribution in [3.05, 3.63) is 108 Å². The number of carbonyl (C=O) groups excluding carboxylic acids is 2. The summed E-state index contributed by atoms with van der Waals surface area (Å²) in [5, 5.41) is 0. The van der Waals surface area contributed by atoms with Crippen molar-refractivity contribution in [3.8, 4) is 0 Å². The summed E-state index contributed by atoms with van der Waals surface area (Å²) in [5.74, 6) is -0.587. The summed E-state index contributed by atoms with van der Waals surface area (Å²) in [5.41, 5.74) is 13.7. The van der Waals surface area contributed by atoms with Gasteiger partial charge in [-0.05, 0) is 16.7 Å². The molecule has 3 aromatic rings. The lowest BCUT2D eigenvalue weighted by Crippen LogP contribution is -2.38. The zero-order valence-electron chi connectivity index (χ0n) is 15.7. The van der Waals surface area contributed by atoms with Gasteiger partial charge in [0.1, 0.15) is 0 Å². The smallest absolute Gasteiger partial charge is 0.405 e. The molecule has 0 fully saturated rings. The van der Waals surface area contributed by atoms with Gasteiger partial charge in [0.25, 0.3) is 5.91 Å². The van der Waals surface area contributed by atoms with Crippen LogP contribution in [0, 0.1) is 0 Å². The molecule has 0 aliphatic rings. The van der Waals surface area contributed by atoms with E-state index in [1.54, 1.807) is 0 Å². The molecule has 1 atom stereocenters. The Bertz CT molecular complexity index is 853. The first-order valence-corrected chi connectivity index (χ1v) is 10.1. The van der Waals surface area contributed by atoms with Crippen molar-refractivity contribution in [2.24, 2.45) is 11.5 Å². The summed E-state index contributed by atoms with van der Waals surface area (Å²) in [7, 11) is 0. The van der Waals surface area contributed by atoms with E-state index >= 15 is 0 Å². The standard InChI is InChI=1S/C23H22N2O3S/c24-21(26)20(28-22(25)27)16-29-23(17-10-4-1-5-11-17,18-12-6-2-7-13-18)19-14-8-3-9-15-19/h1-15,20H,16H2,(H2,24,26)(H2,25,27)/t20-/m1/s1. The van der Waals surface area contributed by atoms with E-state index in [1.165, 1.54) is 11.8 Å². The van der Waals surface area contributed by atoms with Crippen LogP contribution in [0.15, 0.2) is 91.0 Å². The van der Waals surface area contributed by atoms with Crippen LogP contribution in [0.3, 0.4) is 0 Å². The van der Waals surface area contributed by atoms with Crippen molar-refractivity contribution < 1.29 is 14.3 Å². The molecular formula is C23H22N2O3S. The molecule has 0 spiro atoms. The predicted octanol–water partition coefficient (Wildman–Crippen LogP) is 3.66. The highest BCUT2D eigenvalue weighted by molar-refractivity contribution is 8.00. The van der Waals surface area contributed by atoms with Gasteiger partial charge >= 0.3 is 6.09 Å². The maximum absolute atomic E-state index is 11.8. The average Bonchev–Trinajstić information content (AvgIpc) is 2.75. The number of benzene rings is 3. The summed E-state index contributed by atoms with van der Waals surface area (Å²) >= 11 is 1.47. The number of ether oxygens (including phenoxy) is 1. The van der Waals surface area contributed by atoms with Gasteiger partial charge in [0, 0.05) is 5.75 Å². The second kappa shape index (κ2) is 9.30. The second-order valence-electron chi connectivity index (χ2n) is 6.42. The van der Waals surface area contributed by atoms with E-state index in [0.29, 0.717) is 0 Å². The Morgan fingerprint density at radius 2 is 1.14 bits per heavy atom. The van der Waals surface area contributed by atoms with Crippen molar-refractivity contribution in [3.63, 3.8) is 0 Å². The fourth-order valence-electron chi connectivity index (χ4n) is 3.28. The van der Waals surface area contributed by atoms with Crippen molar-refractivity contribution >= 4 is 23.8 Å². The van der Waals surface area contributed by atoms with Gasteiger partial charge in [0.15, 0.2) is 6.10 Å². The van der Waals surface area contributed by atoms with Crippen LogP contribution in [0.4, 0.5) is 4.79 Å². The maximum atomic E-state index is 11.8. The third-order valence-corrected chi connectivity index (χ3v) is 6.18. The van der Waals surface area contributed by atoms with E-state index in [4.69, 9.17) is 16.2 Å². The first-order chi connectivity index (χ1) is 14.0. The lowest BCUT2D eigenvalue weighted by atomic mass is 9.84. The fraction of sp³-hybridized carbons (Fsp3) is 0.130. The molecule has 5 nitrogen and oxygen atoms in total. The Labute approximate surface area is 174 Å². The van der Waals surface area contributed by atoms with Gasteiger partial charge in [-0.3, -0.25) is 4.79 Å². The van der Waals surface area contributed by atoms with E-state index in [1.807, 2.05) is 91.0 Å². The maximum Gasteiger partial charge on any atom is 0.405 e. The Morgan fingerprint density at radius 1 is 0.759 bits per heavy atom. The summed E-state index contributed by atoms with van der Waals surface area (Å²) in [6.45, 7) is 0. The summed E-state index contributed by atoms with van der Waals surface area (Å²) in [6, 6.07) is 30.0. The Hall–Kier alpha value is -3.25. The minimum atomic E-state index is -1.13. The van der Waals surface area contributed by atoms with Crippen LogP contribution >= 0.6 is 11.8 Å². The van der Waals surface area contributed by atoms with Gasteiger partial charge < -0.3 is 16.2 Å². The van der Waals surface area contributed by atoms with Crippen LogP contribution in [0.1, 0.15) is 16.7 Å². The number of thioether (sulfide) groups is 1. The Balaban J connectivity index is 2.14. The molecule has 0 bridgehead atoms. The van der Waals surface area contributed by atoms with Gasteiger partial charge in [0.05, 0.1) is 4.75 Å². The van der Waals surface area contributed by atoms with E-state index < -0.39 is 22.9 Å². The van der Waals surface area contributed by atoms with Crippen LogP contribution in [0.25, 0.3) is 0 Å². The third-order valence-electron chi connectivity index (χ3n) is 4.57. The molecule has 3 aromatic carbocycles. The number of amides is 2. The second-order valence-corrected chi connectivity index (χ2v) is 7.65. The number of nitrogens with two attached hydrogens (primary N) is 2. The lowest BCUT2D eigenvalue weighted by Gasteiger charge is -2.36. The van der Waals surface area contributed by atoms with E-state index in [-0.39, 0.29) is 5.75 Å². The minimum Gasteiger partial charge on any atom is -0.435 e. The first-order valence-electron chi connectivity index (χ1n) is 9.10. The first kappa shape index (κ1) is 20.5. The van der Waals surface area contributed by atoms with Gasteiger partial charge in [-0.1, -0.05) is 91.0 Å². The van der Waals surface area contributed by atoms with Gasteiger partial charge in [-0.25, -0.2) is 4.79 Å². The molecule has 0 aromatic heterocycles. The van der Waals surface area contributed by atoms with Crippen LogP contribution in [-0.2, 0) is 14.3 Å². The zero-order valence-corrected chi connectivity index (χ0v) is 16.5. The van der Waals surface area contributed by atoms with E-state index in [0.717, 1.165) is 16.7 Å². The third kappa shape index (κ3) is 4.60. The predicted molar refractivity (Wildman–Crippen MR) is 115 cm³/mol. The number of hydrogen-bond donors (Lipinski definition) is 2. The van der Waals surface area contributed by atoms with Crippen molar-refractivity contribution in [2.75, 3.05) is 5.75 Å². The molecule has 4 N–H and O–H groups in total. The van der Waals surface area contributed by atoms with E-state index in [9.17, 15) is 9.59 Å². The van der Waals surface area contributed by atoms with Crippen molar-refractivity contribution in [2.45, 2.75) is 10.9 Å². The van der Waals surface area contributed by atoms with Gasteiger partial charge in [-0.2, -0.15) is 0 Å². The largest absolute Gasteiger partial charge is 0.435 e. The molecule has 2 amide bonds. The van der Waals surface area contributed by atoms with Crippen LogP contribution in [0.5, 0.6) is 0 Å². The molecular weight excluding hydrogens is 384 g/mol. The van der Waals surface area contributed by atoms with Crippen LogP contribution in [-0.4, -0.2) is 23.9 Å². The Morgan fingerprint density at radius 3 is 1.45 bits per heavy atom. The molecule has 29 heavy (non-hydrogen) atoms. The molecule has 148 valence electrons. The van der Waals surface area contributed by atoms with Crippen molar-refractivity contribution in [1.29, 1.82) is 0 Å². The number of rotatable bonds is 8. The average molecular weight is 407 g/mol. The Kier molecular flexibility index (Phi) is 6.57. The van der Waals surface area contributed by atoms with Crippen molar-refractivity contribution in [1.82, 2.24) is 0 Å². The highest BCUT2D eigenvalue weighted by Gasteiger charge is 2.38. The summed E-state index contributed by atoms with van der Waals surface area (Å²) in [4.78, 5) is 23.1. The van der Waals surface area contributed by atoms with E-state index in [2.05, 4.69) is 0 Å². The SMILES string of the molecule is NC(=O)O[C@H](CSC(c1ccccc1)(c1ccccc1)c1ccccc1)C(N)=O. The van der Waals surface area contributed by atoms with Gasteiger partial charge in [-0.15, -0.1) is 11.8 Å². The molecule has 3 rings (SSSR count). The fourth-order valence-corrected chi connectivity index (χ4v) is 4.83. The number of hydrogen-bond acceptors (Lipinski definition) is 4. The van der Waals surface area contributed by atoms with Crippen LogP contribution in [0.2, 0.25) is 0 Å². The molecule has 6 heteroatoms. The lowest BCUT2D eigenvalue weighted by molar-refractivity contribution is -0.125. The molecule has 0 aliphatic carbocycles. The quantitative estimate of drug-likeness (QED) is 0.558. The minimum absolute atomic E-state index is 0.150. The molecule has 0 radical (unpaired) electrons. The zero-order chi connectivity index (χ0) is 20.7. The molecule has 0 saturated carbocycles. The normalized spacial score (nSPS) is 12.1. The summed E-state index contributed by atoms with van der Waals surface area (Å²) in [6.07, 6.45) is -2.16. The molecule has 0 saturated heterocycles.